The van der Waals surface area contributed by atoms with Gasteiger partial charge in [0.2, 0.25) is 0 Å². The second-order valence-electron chi connectivity index (χ2n) is 3.61. The molecule has 17 heavy (non-hydrogen) atoms. The summed E-state index contributed by atoms with van der Waals surface area (Å²) >= 11 is 0. The first-order valence-corrected chi connectivity index (χ1v) is 5.57. The van der Waals surface area contributed by atoms with E-state index in [0.717, 1.165) is 12.0 Å². The van der Waals surface area contributed by atoms with Crippen molar-refractivity contribution in [2.75, 3.05) is 7.11 Å². The number of ketones is 1. The smallest absolute Gasteiger partial charge is 0.330 e. The van der Waals surface area contributed by atoms with Crippen molar-refractivity contribution in [3.8, 4) is 0 Å². The lowest BCUT2D eigenvalue weighted by Crippen LogP contribution is -1.98. The Balaban J connectivity index is 2.26. The molecule has 1 aromatic carbocycles. The summed E-state index contributed by atoms with van der Waals surface area (Å²) in [6.45, 7) is 0. The second-order valence-corrected chi connectivity index (χ2v) is 3.61. The van der Waals surface area contributed by atoms with E-state index in [1.807, 2.05) is 30.3 Å². The molecule has 0 aliphatic carbocycles. The normalized spacial score (nSPS) is 10.4. The van der Waals surface area contributed by atoms with Crippen LogP contribution in [-0.4, -0.2) is 18.9 Å². The Bertz CT molecular complexity index is 393. The van der Waals surface area contributed by atoms with Gasteiger partial charge in [-0.1, -0.05) is 36.4 Å². The number of unbranched alkanes of at least 4 members (excludes halogenated alkanes) is 1. The highest BCUT2D eigenvalue weighted by Gasteiger charge is 2.03. The Morgan fingerprint density at radius 3 is 2.59 bits per heavy atom. The van der Waals surface area contributed by atoms with Crippen LogP contribution >= 0.6 is 0 Å². The van der Waals surface area contributed by atoms with Gasteiger partial charge >= 0.3 is 5.97 Å². The number of hydrogen-bond acceptors (Lipinski definition) is 3. The Morgan fingerprint density at radius 2 is 1.94 bits per heavy atom. The third-order valence-corrected chi connectivity index (χ3v) is 2.33. The molecule has 0 N–H and O–H groups in total. The number of esters is 1. The molecule has 0 radical (unpaired) electrons. The molecule has 0 aliphatic rings. The molecule has 0 unspecified atom stereocenters. The van der Waals surface area contributed by atoms with Crippen LogP contribution in [-0.2, 0) is 9.53 Å². The van der Waals surface area contributed by atoms with E-state index in [2.05, 4.69) is 4.74 Å². The Labute approximate surface area is 101 Å². The SMILES string of the molecule is COC(=O)C=CCCCC(=O)c1ccccc1. The number of rotatable bonds is 6. The number of carbonyl (C=O) groups is 2. The van der Waals surface area contributed by atoms with Crippen molar-refractivity contribution in [1.29, 1.82) is 0 Å². The third-order valence-electron chi connectivity index (χ3n) is 2.33. The predicted molar refractivity (Wildman–Crippen MR) is 65.8 cm³/mol. The molecule has 0 spiro atoms. The Kier molecular flexibility index (Phi) is 5.72. The lowest BCUT2D eigenvalue weighted by Gasteiger charge is -1.98. The van der Waals surface area contributed by atoms with Crippen LogP contribution in [0.4, 0.5) is 0 Å². The van der Waals surface area contributed by atoms with E-state index in [4.69, 9.17) is 0 Å². The highest BCUT2D eigenvalue weighted by molar-refractivity contribution is 5.95. The molecule has 0 aromatic heterocycles. The molecule has 0 heterocycles. The van der Waals surface area contributed by atoms with Crippen molar-refractivity contribution < 1.29 is 14.3 Å². The van der Waals surface area contributed by atoms with Crippen LogP contribution in [0.2, 0.25) is 0 Å². The zero-order valence-electron chi connectivity index (χ0n) is 9.89. The van der Waals surface area contributed by atoms with Crippen LogP contribution in [0, 0.1) is 0 Å². The van der Waals surface area contributed by atoms with Crippen LogP contribution in [0.1, 0.15) is 29.6 Å². The molecule has 0 bridgehead atoms. The first kappa shape index (κ1) is 13.2. The largest absolute Gasteiger partial charge is 0.466 e. The summed E-state index contributed by atoms with van der Waals surface area (Å²) in [4.78, 5) is 22.4. The van der Waals surface area contributed by atoms with E-state index in [1.165, 1.54) is 13.2 Å². The number of ether oxygens (including phenoxy) is 1. The minimum atomic E-state index is -0.362. The molecular formula is C14H16O3. The average Bonchev–Trinajstić information content (AvgIpc) is 2.38. The molecule has 0 saturated heterocycles. The quantitative estimate of drug-likeness (QED) is 0.328. The molecule has 1 aromatic rings. The van der Waals surface area contributed by atoms with Gasteiger partial charge in [0.25, 0.3) is 0 Å². The maximum absolute atomic E-state index is 11.7. The fourth-order valence-electron chi connectivity index (χ4n) is 1.40. The van der Waals surface area contributed by atoms with Crippen molar-refractivity contribution in [3.05, 3.63) is 48.0 Å². The van der Waals surface area contributed by atoms with Gasteiger partial charge in [0, 0.05) is 18.1 Å². The summed E-state index contributed by atoms with van der Waals surface area (Å²) in [5.74, 6) is -0.226. The summed E-state index contributed by atoms with van der Waals surface area (Å²) in [6, 6.07) is 9.21. The summed E-state index contributed by atoms with van der Waals surface area (Å²) in [6.07, 6.45) is 5.04. The first-order valence-electron chi connectivity index (χ1n) is 5.57. The van der Waals surface area contributed by atoms with Crippen molar-refractivity contribution in [2.45, 2.75) is 19.3 Å². The first-order chi connectivity index (χ1) is 8.24. The van der Waals surface area contributed by atoms with E-state index in [9.17, 15) is 9.59 Å². The van der Waals surface area contributed by atoms with Crippen molar-refractivity contribution >= 4 is 11.8 Å². The van der Waals surface area contributed by atoms with E-state index < -0.39 is 0 Å². The number of allylic oxidation sites excluding steroid dienone is 1. The monoisotopic (exact) mass is 232 g/mol. The van der Waals surface area contributed by atoms with Crippen LogP contribution in [0.15, 0.2) is 42.5 Å². The molecular weight excluding hydrogens is 216 g/mol. The van der Waals surface area contributed by atoms with Gasteiger partial charge in [-0.05, 0) is 12.8 Å². The van der Waals surface area contributed by atoms with E-state index in [1.54, 1.807) is 6.08 Å². The zero-order valence-corrected chi connectivity index (χ0v) is 9.89. The topological polar surface area (TPSA) is 43.4 Å². The molecule has 0 atom stereocenters. The fourth-order valence-corrected chi connectivity index (χ4v) is 1.40. The number of methoxy groups -OCH3 is 1. The number of benzene rings is 1. The molecule has 1 rings (SSSR count). The molecule has 0 aliphatic heterocycles. The number of hydrogen-bond donors (Lipinski definition) is 0. The standard InChI is InChI=1S/C14H16O3/c1-17-14(16)11-7-3-6-10-13(15)12-8-4-2-5-9-12/h2,4-5,7-9,11H,3,6,10H2,1H3. The van der Waals surface area contributed by atoms with Gasteiger partial charge in [0.1, 0.15) is 0 Å². The highest BCUT2D eigenvalue weighted by Crippen LogP contribution is 2.06. The Hall–Kier alpha value is -1.90. The summed E-state index contributed by atoms with van der Waals surface area (Å²) in [5, 5.41) is 0. The van der Waals surface area contributed by atoms with Crippen LogP contribution in [0.25, 0.3) is 0 Å². The fraction of sp³-hybridized carbons (Fsp3) is 0.286. The van der Waals surface area contributed by atoms with Gasteiger partial charge < -0.3 is 4.74 Å². The highest BCUT2D eigenvalue weighted by atomic mass is 16.5. The lowest BCUT2D eigenvalue weighted by atomic mass is 10.1. The molecule has 0 saturated carbocycles. The van der Waals surface area contributed by atoms with Crippen LogP contribution in [0.3, 0.4) is 0 Å². The number of carbonyl (C=O) groups excluding carboxylic acids is 2. The minimum Gasteiger partial charge on any atom is -0.466 e. The van der Waals surface area contributed by atoms with Gasteiger partial charge in [-0.15, -0.1) is 0 Å². The van der Waals surface area contributed by atoms with Gasteiger partial charge in [0.05, 0.1) is 7.11 Å². The van der Waals surface area contributed by atoms with Crippen LogP contribution in [0.5, 0.6) is 0 Å². The maximum atomic E-state index is 11.7. The number of Topliss-reactive ketones (excluding diaryl/α,β-unsaturated/α-hetero) is 1. The van der Waals surface area contributed by atoms with Crippen molar-refractivity contribution in [2.24, 2.45) is 0 Å². The predicted octanol–water partition coefficient (Wildman–Crippen LogP) is 2.77. The summed E-state index contributed by atoms with van der Waals surface area (Å²) in [5.41, 5.74) is 0.740. The Morgan fingerprint density at radius 1 is 1.24 bits per heavy atom. The van der Waals surface area contributed by atoms with Gasteiger partial charge in [-0.25, -0.2) is 4.79 Å². The van der Waals surface area contributed by atoms with E-state index >= 15 is 0 Å². The maximum Gasteiger partial charge on any atom is 0.330 e. The van der Waals surface area contributed by atoms with Gasteiger partial charge in [0.15, 0.2) is 5.78 Å². The second kappa shape index (κ2) is 7.39. The lowest BCUT2D eigenvalue weighted by molar-refractivity contribution is -0.134. The molecule has 0 fully saturated rings. The van der Waals surface area contributed by atoms with Crippen molar-refractivity contribution in [1.82, 2.24) is 0 Å². The van der Waals surface area contributed by atoms with Crippen LogP contribution < -0.4 is 0 Å². The molecule has 3 heteroatoms. The third kappa shape index (κ3) is 5.11. The summed E-state index contributed by atoms with van der Waals surface area (Å²) < 4.78 is 4.45. The minimum absolute atomic E-state index is 0.136. The summed E-state index contributed by atoms with van der Waals surface area (Å²) in [7, 11) is 1.34. The molecule has 0 amide bonds. The van der Waals surface area contributed by atoms with E-state index in [-0.39, 0.29) is 11.8 Å². The molecule has 3 nitrogen and oxygen atoms in total. The average molecular weight is 232 g/mol. The van der Waals surface area contributed by atoms with Gasteiger partial charge in [-0.2, -0.15) is 0 Å². The van der Waals surface area contributed by atoms with Crippen molar-refractivity contribution in [3.63, 3.8) is 0 Å². The molecule has 90 valence electrons. The zero-order chi connectivity index (χ0) is 12.5. The van der Waals surface area contributed by atoms with E-state index in [0.29, 0.717) is 12.8 Å². The van der Waals surface area contributed by atoms with Gasteiger partial charge in [-0.3, -0.25) is 4.79 Å².